The molecular formula is C24H26N6O2. The first kappa shape index (κ1) is 21.2. The number of piperidine rings is 1. The molecular weight excluding hydrogens is 404 g/mol. The van der Waals surface area contributed by atoms with Gasteiger partial charge >= 0.3 is 0 Å². The Hall–Kier alpha value is -3.99. The number of nitrogens with zero attached hydrogens (tertiary/aromatic N) is 4. The van der Waals surface area contributed by atoms with Crippen molar-refractivity contribution in [2.24, 2.45) is 5.73 Å². The van der Waals surface area contributed by atoms with Gasteiger partial charge in [-0.15, -0.1) is 0 Å². The van der Waals surface area contributed by atoms with Gasteiger partial charge in [0.1, 0.15) is 28.6 Å². The molecule has 2 heterocycles. The summed E-state index contributed by atoms with van der Waals surface area (Å²) in [5.74, 6) is 1.02. The number of anilines is 1. The molecule has 1 fully saturated rings. The summed E-state index contributed by atoms with van der Waals surface area (Å²) in [6, 6.07) is 13.2. The lowest BCUT2D eigenvalue weighted by Crippen LogP contribution is -2.34. The highest BCUT2D eigenvalue weighted by Gasteiger charge is 2.28. The van der Waals surface area contributed by atoms with E-state index in [1.54, 1.807) is 9.58 Å². The molecule has 0 unspecified atom stereocenters. The average molecular weight is 431 g/mol. The number of aromatic nitrogens is 2. The van der Waals surface area contributed by atoms with Gasteiger partial charge in [-0.3, -0.25) is 4.79 Å². The Labute approximate surface area is 187 Å². The topological polar surface area (TPSA) is 123 Å². The van der Waals surface area contributed by atoms with E-state index in [2.05, 4.69) is 18.2 Å². The van der Waals surface area contributed by atoms with Crippen LogP contribution in [0.4, 0.5) is 5.82 Å². The Morgan fingerprint density at radius 2 is 1.88 bits per heavy atom. The van der Waals surface area contributed by atoms with Crippen molar-refractivity contribution in [2.75, 3.05) is 18.8 Å². The molecule has 1 atom stereocenters. The second-order valence-corrected chi connectivity index (χ2v) is 8.13. The number of nitriles is 1. The van der Waals surface area contributed by atoms with Crippen molar-refractivity contribution in [2.45, 2.75) is 32.7 Å². The van der Waals surface area contributed by atoms with Crippen LogP contribution >= 0.6 is 0 Å². The van der Waals surface area contributed by atoms with Gasteiger partial charge in [-0.1, -0.05) is 6.07 Å². The Bertz CT molecular complexity index is 1190. The van der Waals surface area contributed by atoms with E-state index in [-0.39, 0.29) is 17.4 Å². The van der Waals surface area contributed by atoms with E-state index >= 15 is 0 Å². The number of nitrogen functional groups attached to an aromatic ring is 1. The van der Waals surface area contributed by atoms with Crippen LogP contribution in [0.3, 0.4) is 0 Å². The van der Waals surface area contributed by atoms with Crippen LogP contribution in [0.15, 0.2) is 42.5 Å². The third-order valence-electron chi connectivity index (χ3n) is 5.92. The number of primary amides is 1. The monoisotopic (exact) mass is 430 g/mol. The van der Waals surface area contributed by atoms with Gasteiger partial charge < -0.3 is 21.1 Å². The fraction of sp³-hybridized carbons (Fsp3) is 0.292. The van der Waals surface area contributed by atoms with Crippen molar-refractivity contribution in [3.05, 3.63) is 59.2 Å². The number of benzene rings is 2. The number of nitrogens with two attached hydrogens (primary N) is 2. The third kappa shape index (κ3) is 4.10. The van der Waals surface area contributed by atoms with E-state index in [0.717, 1.165) is 24.2 Å². The first-order valence-electron chi connectivity index (χ1n) is 10.6. The van der Waals surface area contributed by atoms with Gasteiger partial charge in [0, 0.05) is 12.1 Å². The second-order valence-electron chi connectivity index (χ2n) is 8.13. The van der Waals surface area contributed by atoms with Crippen LogP contribution in [0.5, 0.6) is 11.5 Å². The summed E-state index contributed by atoms with van der Waals surface area (Å²) < 4.78 is 7.59. The Morgan fingerprint density at radius 3 is 2.53 bits per heavy atom. The van der Waals surface area contributed by atoms with Crippen molar-refractivity contribution in [3.8, 4) is 28.9 Å². The zero-order valence-electron chi connectivity index (χ0n) is 18.2. The molecule has 1 saturated heterocycles. The lowest BCUT2D eigenvalue weighted by atomic mass is 10.1. The summed E-state index contributed by atoms with van der Waals surface area (Å²) in [6.07, 6.45) is 3.85. The smallest absolute Gasteiger partial charge is 0.254 e. The standard InChI is InChI=1S/C24H26N6O2/c1-15-5-8-20(12-16(15)2)32-19-9-6-17(7-10-19)22-21(24(27)31)23(26)30(28-22)18-4-3-11-29(13-18)14-25/h5-10,12,18H,3-4,11,13,26H2,1-2H3,(H2,27,31)/t18-/m1/s1. The lowest BCUT2D eigenvalue weighted by molar-refractivity contribution is 0.100. The van der Waals surface area contributed by atoms with Crippen LogP contribution in [-0.4, -0.2) is 33.7 Å². The number of aryl methyl sites for hydroxylation is 2. The highest BCUT2D eigenvalue weighted by atomic mass is 16.5. The predicted molar refractivity (Wildman–Crippen MR) is 122 cm³/mol. The first-order valence-corrected chi connectivity index (χ1v) is 10.6. The van der Waals surface area contributed by atoms with Crippen molar-refractivity contribution in [3.63, 3.8) is 0 Å². The van der Waals surface area contributed by atoms with Gasteiger partial charge in [-0.05, 0) is 74.2 Å². The highest BCUT2D eigenvalue weighted by Crippen LogP contribution is 2.33. The summed E-state index contributed by atoms with van der Waals surface area (Å²) in [5.41, 5.74) is 15.6. The molecule has 8 nitrogen and oxygen atoms in total. The molecule has 1 aromatic heterocycles. The normalized spacial score (nSPS) is 15.9. The number of rotatable bonds is 5. The zero-order chi connectivity index (χ0) is 22.8. The summed E-state index contributed by atoms with van der Waals surface area (Å²) in [6.45, 7) is 5.31. The van der Waals surface area contributed by atoms with Crippen LogP contribution in [-0.2, 0) is 0 Å². The van der Waals surface area contributed by atoms with Gasteiger partial charge in [0.05, 0.1) is 12.6 Å². The second kappa shape index (κ2) is 8.63. The number of carbonyl (C=O) groups excluding carboxylic acids is 1. The molecule has 0 spiro atoms. The van der Waals surface area contributed by atoms with Crippen LogP contribution < -0.4 is 16.2 Å². The Kier molecular flexibility index (Phi) is 5.73. The quantitative estimate of drug-likeness (QED) is 0.594. The fourth-order valence-corrected chi connectivity index (χ4v) is 4.01. The minimum Gasteiger partial charge on any atom is -0.457 e. The molecule has 4 N–H and O–H groups in total. The van der Waals surface area contributed by atoms with Crippen LogP contribution in [0, 0.1) is 25.3 Å². The maximum atomic E-state index is 12.2. The van der Waals surface area contributed by atoms with Crippen molar-refractivity contribution < 1.29 is 9.53 Å². The summed E-state index contributed by atoms with van der Waals surface area (Å²) in [4.78, 5) is 13.9. The first-order chi connectivity index (χ1) is 15.4. The molecule has 32 heavy (non-hydrogen) atoms. The van der Waals surface area contributed by atoms with Crippen molar-refractivity contribution in [1.82, 2.24) is 14.7 Å². The largest absolute Gasteiger partial charge is 0.457 e. The summed E-state index contributed by atoms with van der Waals surface area (Å²) in [7, 11) is 0. The van der Waals surface area contributed by atoms with E-state index < -0.39 is 5.91 Å². The van der Waals surface area contributed by atoms with E-state index in [9.17, 15) is 10.1 Å². The molecule has 164 valence electrons. The maximum absolute atomic E-state index is 12.2. The number of likely N-dealkylation sites (tertiary alicyclic amines) is 1. The SMILES string of the molecule is Cc1ccc(Oc2ccc(-c3nn([C@@H]4CCCN(C#N)C4)c(N)c3C(N)=O)cc2)cc1C. The molecule has 8 heteroatoms. The van der Waals surface area contributed by atoms with Crippen LogP contribution in [0.25, 0.3) is 11.3 Å². The number of amides is 1. The summed E-state index contributed by atoms with van der Waals surface area (Å²) in [5, 5.41) is 13.9. The maximum Gasteiger partial charge on any atom is 0.254 e. The van der Waals surface area contributed by atoms with E-state index in [0.29, 0.717) is 30.1 Å². The minimum absolute atomic E-state index is 0.0948. The number of carbonyl (C=O) groups is 1. The molecule has 2 aromatic carbocycles. The van der Waals surface area contributed by atoms with Gasteiger partial charge in [-0.2, -0.15) is 10.4 Å². The van der Waals surface area contributed by atoms with Crippen molar-refractivity contribution >= 4 is 11.7 Å². The molecule has 4 rings (SSSR count). The Balaban J connectivity index is 1.63. The molecule has 0 saturated carbocycles. The van der Waals surface area contributed by atoms with Crippen LogP contribution in [0.2, 0.25) is 0 Å². The lowest BCUT2D eigenvalue weighted by Gasteiger charge is -2.29. The molecule has 0 bridgehead atoms. The van der Waals surface area contributed by atoms with E-state index in [1.165, 1.54) is 5.56 Å². The molecule has 1 amide bonds. The number of ether oxygens (including phenoxy) is 1. The third-order valence-corrected chi connectivity index (χ3v) is 5.92. The average Bonchev–Trinajstić information content (AvgIpc) is 3.14. The van der Waals surface area contributed by atoms with Gasteiger partial charge in [0.2, 0.25) is 0 Å². The number of hydrogen-bond acceptors (Lipinski definition) is 6. The van der Waals surface area contributed by atoms with Crippen molar-refractivity contribution in [1.29, 1.82) is 5.26 Å². The highest BCUT2D eigenvalue weighted by molar-refractivity contribution is 6.03. The van der Waals surface area contributed by atoms with Gasteiger partial charge in [-0.25, -0.2) is 4.68 Å². The zero-order valence-corrected chi connectivity index (χ0v) is 18.2. The predicted octanol–water partition coefficient (Wildman–Crippen LogP) is 3.76. The van der Waals surface area contributed by atoms with Gasteiger partial charge in [0.15, 0.2) is 6.19 Å². The molecule has 0 aliphatic carbocycles. The molecule has 1 aliphatic heterocycles. The molecule has 0 radical (unpaired) electrons. The van der Waals surface area contributed by atoms with E-state index in [4.69, 9.17) is 16.2 Å². The van der Waals surface area contributed by atoms with Gasteiger partial charge in [0.25, 0.3) is 5.91 Å². The number of hydrogen-bond donors (Lipinski definition) is 2. The van der Waals surface area contributed by atoms with Crippen LogP contribution in [0.1, 0.15) is 40.4 Å². The minimum atomic E-state index is -0.632. The molecule has 1 aliphatic rings. The fourth-order valence-electron chi connectivity index (χ4n) is 4.01. The van der Waals surface area contributed by atoms with E-state index in [1.807, 2.05) is 49.4 Å². The summed E-state index contributed by atoms with van der Waals surface area (Å²) >= 11 is 0. The molecule has 3 aromatic rings. The Morgan fingerprint density at radius 1 is 1.16 bits per heavy atom.